The average molecular weight is 277 g/mol. The molecule has 1 nitrogen and oxygen atoms in total. The summed E-state index contributed by atoms with van der Waals surface area (Å²) in [5.41, 5.74) is 3.96. The van der Waals surface area contributed by atoms with Gasteiger partial charge >= 0.3 is 0 Å². The fraction of sp³-hybridized carbons (Fsp3) is 0.684. The lowest BCUT2D eigenvalue weighted by molar-refractivity contribution is 0.537. The first-order valence-electron chi connectivity index (χ1n) is 8.08. The van der Waals surface area contributed by atoms with Crippen LogP contribution in [0.3, 0.4) is 0 Å². The van der Waals surface area contributed by atoms with Crippen LogP contribution >= 0.6 is 0 Å². The molecule has 0 radical (unpaired) electrons. The number of allylic oxidation sites excluding steroid dienone is 4. The van der Waals surface area contributed by atoms with Crippen LogP contribution in [0.25, 0.3) is 0 Å². The van der Waals surface area contributed by atoms with Crippen molar-refractivity contribution in [3.63, 3.8) is 0 Å². The summed E-state index contributed by atoms with van der Waals surface area (Å²) in [4.78, 5) is 0. The lowest BCUT2D eigenvalue weighted by Crippen LogP contribution is -2.21. The minimum Gasteiger partial charge on any atom is -0.386 e. The van der Waals surface area contributed by atoms with E-state index in [0.717, 1.165) is 18.0 Å². The molecule has 0 aromatic heterocycles. The highest BCUT2D eigenvalue weighted by molar-refractivity contribution is 5.19. The Morgan fingerprint density at radius 3 is 2.15 bits per heavy atom. The van der Waals surface area contributed by atoms with Crippen LogP contribution in [-0.2, 0) is 0 Å². The molecule has 0 fully saturated rings. The second-order valence-electron chi connectivity index (χ2n) is 6.75. The van der Waals surface area contributed by atoms with Crippen molar-refractivity contribution in [2.75, 3.05) is 0 Å². The Bertz CT molecular complexity index is 332. The van der Waals surface area contributed by atoms with E-state index < -0.39 is 0 Å². The number of rotatable bonds is 10. The molecule has 1 N–H and O–H groups in total. The van der Waals surface area contributed by atoms with E-state index in [4.69, 9.17) is 0 Å². The SMILES string of the molecule is C=C(C/C(C)=C/C=C(\C)CCCCC(C)C)NC(C)C. The third-order valence-electron chi connectivity index (χ3n) is 3.24. The van der Waals surface area contributed by atoms with Crippen molar-refractivity contribution < 1.29 is 0 Å². The van der Waals surface area contributed by atoms with Gasteiger partial charge in [0.1, 0.15) is 0 Å². The maximum absolute atomic E-state index is 4.07. The molecular weight excluding hydrogens is 242 g/mol. The van der Waals surface area contributed by atoms with E-state index in [-0.39, 0.29) is 0 Å². The third-order valence-corrected chi connectivity index (χ3v) is 3.24. The molecule has 0 saturated heterocycles. The Hall–Kier alpha value is -0.980. The second-order valence-corrected chi connectivity index (χ2v) is 6.75. The molecule has 0 aromatic carbocycles. The van der Waals surface area contributed by atoms with Crippen molar-refractivity contribution in [1.29, 1.82) is 0 Å². The smallest absolute Gasteiger partial charge is 0.0201 e. The van der Waals surface area contributed by atoms with Gasteiger partial charge < -0.3 is 5.32 Å². The molecule has 0 heterocycles. The molecule has 0 aliphatic heterocycles. The van der Waals surface area contributed by atoms with E-state index in [1.54, 1.807) is 0 Å². The molecule has 0 aromatic rings. The fourth-order valence-corrected chi connectivity index (χ4v) is 2.18. The zero-order valence-corrected chi connectivity index (χ0v) is 14.6. The van der Waals surface area contributed by atoms with Gasteiger partial charge in [0.05, 0.1) is 0 Å². The monoisotopic (exact) mass is 277 g/mol. The maximum atomic E-state index is 4.07. The molecule has 1 heteroatoms. The molecule has 0 atom stereocenters. The molecule has 0 amide bonds. The predicted molar refractivity (Wildman–Crippen MR) is 92.8 cm³/mol. The van der Waals surface area contributed by atoms with E-state index in [2.05, 4.69) is 65.6 Å². The first-order valence-corrected chi connectivity index (χ1v) is 8.08. The van der Waals surface area contributed by atoms with E-state index in [0.29, 0.717) is 6.04 Å². The Kier molecular flexibility index (Phi) is 10.2. The Morgan fingerprint density at radius 2 is 1.60 bits per heavy atom. The summed E-state index contributed by atoms with van der Waals surface area (Å²) < 4.78 is 0. The summed E-state index contributed by atoms with van der Waals surface area (Å²) in [6.45, 7) is 17.4. The standard InChI is InChI=1S/C19H35N/c1-15(2)10-8-9-11-17(5)12-13-18(6)14-19(7)20-16(3)4/h12-13,15-16,20H,7-11,14H2,1-6H3/b17-12+,18-13+. The van der Waals surface area contributed by atoms with Crippen LogP contribution in [0.2, 0.25) is 0 Å². The van der Waals surface area contributed by atoms with Gasteiger partial charge in [-0.15, -0.1) is 0 Å². The number of hydrogen-bond acceptors (Lipinski definition) is 1. The van der Waals surface area contributed by atoms with Gasteiger partial charge in [0.2, 0.25) is 0 Å². The lowest BCUT2D eigenvalue weighted by Gasteiger charge is -2.12. The molecule has 0 bridgehead atoms. The molecule has 0 saturated carbocycles. The van der Waals surface area contributed by atoms with Crippen molar-refractivity contribution >= 4 is 0 Å². The molecular formula is C19H35N. The largest absolute Gasteiger partial charge is 0.386 e. The van der Waals surface area contributed by atoms with Gasteiger partial charge in [-0.3, -0.25) is 0 Å². The molecule has 0 rings (SSSR count). The number of hydrogen-bond donors (Lipinski definition) is 1. The lowest BCUT2D eigenvalue weighted by atomic mass is 10.0. The highest BCUT2D eigenvalue weighted by atomic mass is 14.9. The molecule has 0 unspecified atom stereocenters. The molecule has 20 heavy (non-hydrogen) atoms. The van der Waals surface area contributed by atoms with Crippen LogP contribution in [0.5, 0.6) is 0 Å². The summed E-state index contributed by atoms with van der Waals surface area (Å²) in [5.74, 6) is 0.834. The van der Waals surface area contributed by atoms with E-state index in [9.17, 15) is 0 Å². The van der Waals surface area contributed by atoms with E-state index >= 15 is 0 Å². The van der Waals surface area contributed by atoms with Crippen LogP contribution in [0.15, 0.2) is 35.6 Å². The maximum Gasteiger partial charge on any atom is 0.0201 e. The molecule has 0 aliphatic rings. The zero-order valence-electron chi connectivity index (χ0n) is 14.6. The van der Waals surface area contributed by atoms with Crippen molar-refractivity contribution in [3.05, 3.63) is 35.6 Å². The van der Waals surface area contributed by atoms with Gasteiger partial charge in [0.25, 0.3) is 0 Å². The fourth-order valence-electron chi connectivity index (χ4n) is 2.18. The van der Waals surface area contributed by atoms with Gasteiger partial charge in [-0.1, -0.05) is 56.6 Å². The number of nitrogens with one attached hydrogen (secondary N) is 1. The third kappa shape index (κ3) is 12.1. The highest BCUT2D eigenvalue weighted by Crippen LogP contribution is 2.13. The second kappa shape index (κ2) is 10.8. The Balaban J connectivity index is 4.03. The molecule has 0 aliphatic carbocycles. The summed E-state index contributed by atoms with van der Waals surface area (Å²) in [6, 6.07) is 0.466. The zero-order chi connectivity index (χ0) is 15.5. The van der Waals surface area contributed by atoms with E-state index in [1.807, 2.05) is 0 Å². The Morgan fingerprint density at radius 1 is 1.00 bits per heavy atom. The van der Waals surface area contributed by atoms with Crippen molar-refractivity contribution in [2.24, 2.45) is 5.92 Å². The van der Waals surface area contributed by atoms with Crippen molar-refractivity contribution in [2.45, 2.75) is 79.7 Å². The van der Waals surface area contributed by atoms with E-state index in [1.165, 1.54) is 36.8 Å². The number of unbranched alkanes of at least 4 members (excludes halogenated alkanes) is 1. The quantitative estimate of drug-likeness (QED) is 0.381. The first-order chi connectivity index (χ1) is 9.31. The summed E-state index contributed by atoms with van der Waals surface area (Å²) >= 11 is 0. The average Bonchev–Trinajstić information content (AvgIpc) is 2.30. The van der Waals surface area contributed by atoms with Crippen LogP contribution in [0.1, 0.15) is 73.6 Å². The van der Waals surface area contributed by atoms with Crippen LogP contribution < -0.4 is 5.32 Å². The first kappa shape index (κ1) is 19.0. The molecule has 116 valence electrons. The van der Waals surface area contributed by atoms with Gasteiger partial charge in [0, 0.05) is 18.2 Å². The van der Waals surface area contributed by atoms with Crippen LogP contribution in [0.4, 0.5) is 0 Å². The summed E-state index contributed by atoms with van der Waals surface area (Å²) in [6.07, 6.45) is 10.7. The predicted octanol–water partition coefficient (Wildman–Crippen LogP) is 6.00. The van der Waals surface area contributed by atoms with Crippen LogP contribution in [-0.4, -0.2) is 6.04 Å². The minimum absolute atomic E-state index is 0.466. The highest BCUT2D eigenvalue weighted by Gasteiger charge is 1.98. The summed E-state index contributed by atoms with van der Waals surface area (Å²) in [5, 5.41) is 3.36. The van der Waals surface area contributed by atoms with Gasteiger partial charge in [-0.2, -0.15) is 0 Å². The van der Waals surface area contributed by atoms with Crippen LogP contribution in [0, 0.1) is 5.92 Å². The van der Waals surface area contributed by atoms with Crippen molar-refractivity contribution in [1.82, 2.24) is 5.32 Å². The van der Waals surface area contributed by atoms with Gasteiger partial charge in [-0.05, 0) is 46.5 Å². The normalized spacial score (nSPS) is 13.2. The van der Waals surface area contributed by atoms with Gasteiger partial charge in [-0.25, -0.2) is 0 Å². The van der Waals surface area contributed by atoms with Gasteiger partial charge in [0.15, 0.2) is 0 Å². The minimum atomic E-state index is 0.466. The summed E-state index contributed by atoms with van der Waals surface area (Å²) in [7, 11) is 0. The van der Waals surface area contributed by atoms with Crippen molar-refractivity contribution in [3.8, 4) is 0 Å². The Labute approximate surface area is 127 Å². The molecule has 0 spiro atoms. The topological polar surface area (TPSA) is 12.0 Å².